The van der Waals surface area contributed by atoms with E-state index in [0.717, 1.165) is 20.9 Å². The number of benzene rings is 3. The predicted molar refractivity (Wildman–Crippen MR) is 119 cm³/mol. The first kappa shape index (κ1) is 17.2. The molecule has 0 saturated heterocycles. The Bertz CT molecular complexity index is 1340. The van der Waals surface area contributed by atoms with Gasteiger partial charge in [0.05, 0.1) is 11.1 Å². The molecule has 0 saturated carbocycles. The number of aromatic nitrogens is 2. The lowest BCUT2D eigenvalue weighted by Crippen LogP contribution is -2.10. The van der Waals surface area contributed by atoms with E-state index in [2.05, 4.69) is 35.3 Å². The molecule has 3 aromatic carbocycles. The normalized spacial score (nSPS) is 11.3. The van der Waals surface area contributed by atoms with E-state index < -0.39 is 0 Å². The third kappa shape index (κ3) is 3.23. The van der Waals surface area contributed by atoms with E-state index in [1.165, 1.54) is 22.1 Å². The molecule has 0 aliphatic heterocycles. The number of H-pyrrole nitrogens is 1. The van der Waals surface area contributed by atoms with E-state index in [4.69, 9.17) is 4.98 Å². The number of nitrogens with one attached hydrogen (secondary N) is 1. The van der Waals surface area contributed by atoms with Crippen LogP contribution in [0.4, 0.5) is 0 Å². The summed E-state index contributed by atoms with van der Waals surface area (Å²) >= 11 is 3.20. The number of hydrogen-bond donors (Lipinski definition) is 1. The Morgan fingerprint density at radius 2 is 1.71 bits per heavy atom. The number of nitrogens with zero attached hydrogens (tertiary/aromatic N) is 1. The highest BCUT2D eigenvalue weighted by Gasteiger charge is 2.13. The van der Waals surface area contributed by atoms with Gasteiger partial charge in [-0.15, -0.1) is 23.1 Å². The minimum absolute atomic E-state index is 0.0702. The van der Waals surface area contributed by atoms with Gasteiger partial charge >= 0.3 is 0 Å². The summed E-state index contributed by atoms with van der Waals surface area (Å²) in [7, 11) is 0. The van der Waals surface area contributed by atoms with Crippen LogP contribution in [0.5, 0.6) is 0 Å². The second kappa shape index (κ2) is 7.26. The first-order valence-electron chi connectivity index (χ1n) is 8.95. The maximum atomic E-state index is 12.7. The van der Waals surface area contributed by atoms with Crippen LogP contribution in [0.3, 0.4) is 0 Å². The fraction of sp³-hybridized carbons (Fsp3) is 0.0435. The number of thiophene rings is 1. The molecule has 5 rings (SSSR count). The van der Waals surface area contributed by atoms with Crippen molar-refractivity contribution in [1.82, 2.24) is 9.97 Å². The largest absolute Gasteiger partial charge is 0.309 e. The first-order valence-corrected chi connectivity index (χ1v) is 10.8. The minimum Gasteiger partial charge on any atom is -0.309 e. The van der Waals surface area contributed by atoms with Gasteiger partial charge in [-0.3, -0.25) is 4.79 Å². The molecule has 0 amide bonds. The Balaban J connectivity index is 1.44. The molecule has 0 spiro atoms. The number of thioether (sulfide) groups is 1. The fourth-order valence-corrected chi connectivity index (χ4v) is 5.08. The molecule has 0 aliphatic rings. The Kier molecular flexibility index (Phi) is 4.47. The van der Waals surface area contributed by atoms with E-state index in [-0.39, 0.29) is 5.56 Å². The summed E-state index contributed by atoms with van der Waals surface area (Å²) in [5, 5.41) is 5.14. The van der Waals surface area contributed by atoms with Gasteiger partial charge in [-0.05, 0) is 28.5 Å². The van der Waals surface area contributed by atoms with Gasteiger partial charge in [0.15, 0.2) is 0 Å². The van der Waals surface area contributed by atoms with Crippen molar-refractivity contribution in [3.8, 4) is 11.1 Å². The van der Waals surface area contributed by atoms with Crippen LogP contribution in [0.2, 0.25) is 0 Å². The maximum Gasteiger partial charge on any atom is 0.260 e. The standard InChI is InChI=1S/C23H16N2OS2/c26-22-21-19(16-7-2-1-3-8-16)13-28-23(21)25-20(24-22)14-27-18-11-10-15-6-4-5-9-17(15)12-18/h1-13H,14H2,(H,24,25,26). The van der Waals surface area contributed by atoms with Crippen molar-refractivity contribution in [3.63, 3.8) is 0 Å². The van der Waals surface area contributed by atoms with Crippen molar-refractivity contribution in [1.29, 1.82) is 0 Å². The monoisotopic (exact) mass is 400 g/mol. The summed E-state index contributed by atoms with van der Waals surface area (Å²) in [4.78, 5) is 22.4. The van der Waals surface area contributed by atoms with Gasteiger partial charge in [0.25, 0.3) is 5.56 Å². The molecule has 0 bridgehead atoms. The summed E-state index contributed by atoms with van der Waals surface area (Å²) < 4.78 is 0. The Morgan fingerprint density at radius 1 is 0.929 bits per heavy atom. The molecule has 0 fully saturated rings. The molecular weight excluding hydrogens is 384 g/mol. The van der Waals surface area contributed by atoms with Crippen LogP contribution >= 0.6 is 23.1 Å². The van der Waals surface area contributed by atoms with Gasteiger partial charge in [-0.2, -0.15) is 0 Å². The number of fused-ring (bicyclic) bond motifs is 2. The molecule has 2 heterocycles. The molecule has 0 aliphatic carbocycles. The van der Waals surface area contributed by atoms with E-state index in [0.29, 0.717) is 17.0 Å². The van der Waals surface area contributed by atoms with Gasteiger partial charge in [-0.25, -0.2) is 4.98 Å². The first-order chi connectivity index (χ1) is 13.8. The van der Waals surface area contributed by atoms with Crippen LogP contribution in [-0.4, -0.2) is 9.97 Å². The minimum atomic E-state index is -0.0702. The van der Waals surface area contributed by atoms with Crippen LogP contribution in [0.1, 0.15) is 5.82 Å². The molecule has 0 atom stereocenters. The summed E-state index contributed by atoms with van der Waals surface area (Å²) in [6, 6.07) is 24.7. The summed E-state index contributed by atoms with van der Waals surface area (Å²) in [6.07, 6.45) is 0. The zero-order chi connectivity index (χ0) is 18.9. The third-order valence-corrected chi connectivity index (χ3v) is 6.55. The van der Waals surface area contributed by atoms with Crippen LogP contribution in [0.15, 0.2) is 87.9 Å². The molecule has 3 nitrogen and oxygen atoms in total. The second-order valence-corrected chi connectivity index (χ2v) is 8.41. The van der Waals surface area contributed by atoms with Crippen LogP contribution in [0.25, 0.3) is 32.1 Å². The molecule has 5 heteroatoms. The Morgan fingerprint density at radius 3 is 2.57 bits per heavy atom. The lowest BCUT2D eigenvalue weighted by molar-refractivity contribution is 1.05. The predicted octanol–water partition coefficient (Wildman–Crippen LogP) is 6.10. The SMILES string of the molecule is O=c1[nH]c(CSc2ccc3ccccc3c2)nc2scc(-c3ccccc3)c12. The molecule has 136 valence electrons. The van der Waals surface area contributed by atoms with Crippen molar-refractivity contribution in [3.05, 3.63) is 94.4 Å². The van der Waals surface area contributed by atoms with Gasteiger partial charge in [0.1, 0.15) is 10.7 Å². The molecular formula is C23H16N2OS2. The number of rotatable bonds is 4. The van der Waals surface area contributed by atoms with Gasteiger partial charge < -0.3 is 4.98 Å². The fourth-order valence-electron chi connectivity index (χ4n) is 3.30. The van der Waals surface area contributed by atoms with Crippen LogP contribution < -0.4 is 5.56 Å². The Hall–Kier alpha value is -2.89. The van der Waals surface area contributed by atoms with Crippen LogP contribution in [0, 0.1) is 0 Å². The van der Waals surface area contributed by atoms with Crippen molar-refractivity contribution in [2.75, 3.05) is 0 Å². The van der Waals surface area contributed by atoms with Crippen molar-refractivity contribution in [2.45, 2.75) is 10.6 Å². The molecule has 0 radical (unpaired) electrons. The van der Waals surface area contributed by atoms with Gasteiger partial charge in [0, 0.05) is 15.8 Å². The molecule has 1 N–H and O–H groups in total. The number of aromatic amines is 1. The highest BCUT2D eigenvalue weighted by atomic mass is 32.2. The Labute approximate surface area is 170 Å². The highest BCUT2D eigenvalue weighted by molar-refractivity contribution is 7.98. The lowest BCUT2D eigenvalue weighted by atomic mass is 10.1. The summed E-state index contributed by atoms with van der Waals surface area (Å²) in [5.41, 5.74) is 1.92. The van der Waals surface area contributed by atoms with E-state index in [9.17, 15) is 4.79 Å². The third-order valence-electron chi connectivity index (χ3n) is 4.67. The lowest BCUT2D eigenvalue weighted by Gasteiger charge is -2.04. The summed E-state index contributed by atoms with van der Waals surface area (Å²) in [6.45, 7) is 0. The topological polar surface area (TPSA) is 45.8 Å². The number of hydrogen-bond acceptors (Lipinski definition) is 4. The average Bonchev–Trinajstić information content (AvgIpc) is 3.17. The smallest absolute Gasteiger partial charge is 0.260 e. The van der Waals surface area contributed by atoms with E-state index in [1.54, 1.807) is 11.8 Å². The average molecular weight is 401 g/mol. The zero-order valence-electron chi connectivity index (χ0n) is 14.9. The highest BCUT2D eigenvalue weighted by Crippen LogP contribution is 2.31. The molecule has 2 aromatic heterocycles. The molecule has 28 heavy (non-hydrogen) atoms. The van der Waals surface area contributed by atoms with E-state index >= 15 is 0 Å². The van der Waals surface area contributed by atoms with Gasteiger partial charge in [0.2, 0.25) is 0 Å². The molecule has 0 unspecified atom stereocenters. The van der Waals surface area contributed by atoms with Crippen molar-refractivity contribution in [2.24, 2.45) is 0 Å². The molecule has 5 aromatic rings. The second-order valence-electron chi connectivity index (χ2n) is 6.51. The summed E-state index contributed by atoms with van der Waals surface area (Å²) in [5.74, 6) is 1.33. The van der Waals surface area contributed by atoms with E-state index in [1.807, 2.05) is 47.8 Å². The van der Waals surface area contributed by atoms with Crippen LogP contribution in [-0.2, 0) is 5.75 Å². The van der Waals surface area contributed by atoms with Gasteiger partial charge in [-0.1, -0.05) is 60.7 Å². The zero-order valence-corrected chi connectivity index (χ0v) is 16.5. The maximum absolute atomic E-state index is 12.7. The van der Waals surface area contributed by atoms with Crippen molar-refractivity contribution < 1.29 is 0 Å². The van der Waals surface area contributed by atoms with Crippen molar-refractivity contribution >= 4 is 44.1 Å². The quantitative estimate of drug-likeness (QED) is 0.371.